The highest BCUT2D eigenvalue weighted by Gasteiger charge is 2.06. The summed E-state index contributed by atoms with van der Waals surface area (Å²) in [6, 6.07) is 18.3. The van der Waals surface area contributed by atoms with Gasteiger partial charge in [0.25, 0.3) is 0 Å². The zero-order valence-corrected chi connectivity index (χ0v) is 16.1. The summed E-state index contributed by atoms with van der Waals surface area (Å²) in [7, 11) is 1.70. The lowest BCUT2D eigenvalue weighted by Crippen LogP contribution is -2.09. The molecule has 0 bridgehead atoms. The average Bonchev–Trinajstić information content (AvgIpc) is 2.68. The molecule has 27 heavy (non-hydrogen) atoms. The third-order valence-electron chi connectivity index (χ3n) is 4.39. The molecule has 3 rings (SSSR count). The normalized spacial score (nSPS) is 10.5. The van der Waals surface area contributed by atoms with Gasteiger partial charge in [-0.2, -0.15) is 0 Å². The highest BCUT2D eigenvalue weighted by atomic mass is 16.5. The Bertz CT molecular complexity index is 895. The average molecular weight is 362 g/mol. The van der Waals surface area contributed by atoms with Crippen LogP contribution in [0, 0.1) is 6.92 Å². The number of nitrogens with zero attached hydrogens (tertiary/aromatic N) is 2. The van der Waals surface area contributed by atoms with Gasteiger partial charge in [0.2, 0.25) is 0 Å². The lowest BCUT2D eigenvalue weighted by molar-refractivity contribution is 0.410. The Hall–Kier alpha value is -3.08. The molecule has 0 fully saturated rings. The lowest BCUT2D eigenvalue weighted by atomic mass is 10.1. The van der Waals surface area contributed by atoms with E-state index in [1.54, 1.807) is 7.11 Å². The fraction of sp³-hybridized carbons (Fsp3) is 0.273. The van der Waals surface area contributed by atoms with E-state index in [9.17, 15) is 0 Å². The first kappa shape index (κ1) is 18.7. The van der Waals surface area contributed by atoms with E-state index >= 15 is 0 Å². The summed E-state index contributed by atoms with van der Waals surface area (Å²) >= 11 is 0. The van der Waals surface area contributed by atoms with Gasteiger partial charge in [-0.25, -0.2) is 9.97 Å². The van der Waals surface area contributed by atoms with Gasteiger partial charge in [0.15, 0.2) is 0 Å². The molecule has 5 heteroatoms. The molecule has 0 aliphatic carbocycles. The van der Waals surface area contributed by atoms with Gasteiger partial charge < -0.3 is 15.4 Å². The Kier molecular flexibility index (Phi) is 6.26. The maximum atomic E-state index is 5.41. The molecule has 0 aliphatic heterocycles. The summed E-state index contributed by atoms with van der Waals surface area (Å²) in [5.41, 5.74) is 3.52. The van der Waals surface area contributed by atoms with Gasteiger partial charge in [0.05, 0.1) is 7.11 Å². The number of nitrogens with one attached hydrogen (secondary N) is 2. The molecule has 0 radical (unpaired) electrons. The fourth-order valence-corrected chi connectivity index (χ4v) is 3.05. The van der Waals surface area contributed by atoms with Gasteiger partial charge in [0, 0.05) is 18.3 Å². The summed E-state index contributed by atoms with van der Waals surface area (Å²) in [6.07, 6.45) is 1.83. The molecule has 0 unspecified atom stereocenters. The predicted octanol–water partition coefficient (Wildman–Crippen LogP) is 4.75. The highest BCUT2D eigenvalue weighted by Crippen LogP contribution is 2.22. The van der Waals surface area contributed by atoms with Crippen LogP contribution in [-0.2, 0) is 12.8 Å². The maximum Gasteiger partial charge on any atom is 0.136 e. The van der Waals surface area contributed by atoms with Gasteiger partial charge in [0.1, 0.15) is 23.2 Å². The van der Waals surface area contributed by atoms with E-state index in [-0.39, 0.29) is 0 Å². The van der Waals surface area contributed by atoms with Crippen molar-refractivity contribution < 1.29 is 4.74 Å². The van der Waals surface area contributed by atoms with Gasteiger partial charge >= 0.3 is 0 Å². The van der Waals surface area contributed by atoms with Gasteiger partial charge in [-0.1, -0.05) is 43.3 Å². The molecule has 0 spiro atoms. The number of anilines is 3. The van der Waals surface area contributed by atoms with Crippen molar-refractivity contribution in [3.05, 3.63) is 71.5 Å². The SMILES string of the molecule is CCc1ccccc1Nc1cc(NCCc2ccccc2OC)nc(C)n1. The van der Waals surface area contributed by atoms with E-state index < -0.39 is 0 Å². The quantitative estimate of drug-likeness (QED) is 0.605. The monoisotopic (exact) mass is 362 g/mol. The largest absolute Gasteiger partial charge is 0.496 e. The predicted molar refractivity (Wildman–Crippen MR) is 111 cm³/mol. The number of rotatable bonds is 8. The molecule has 0 saturated carbocycles. The molecule has 3 aromatic rings. The minimum Gasteiger partial charge on any atom is -0.496 e. The summed E-state index contributed by atoms with van der Waals surface area (Å²) in [5.74, 6) is 3.25. The van der Waals surface area contributed by atoms with Crippen LogP contribution < -0.4 is 15.4 Å². The van der Waals surface area contributed by atoms with Crippen molar-refractivity contribution in [2.45, 2.75) is 26.7 Å². The zero-order chi connectivity index (χ0) is 19.1. The number of hydrogen-bond acceptors (Lipinski definition) is 5. The van der Waals surface area contributed by atoms with Crippen LogP contribution in [0.5, 0.6) is 5.75 Å². The van der Waals surface area contributed by atoms with Crippen LogP contribution in [0.3, 0.4) is 0 Å². The number of hydrogen-bond donors (Lipinski definition) is 2. The van der Waals surface area contributed by atoms with Crippen molar-refractivity contribution in [1.82, 2.24) is 9.97 Å². The van der Waals surface area contributed by atoms with Crippen LogP contribution in [-0.4, -0.2) is 23.6 Å². The summed E-state index contributed by atoms with van der Waals surface area (Å²) < 4.78 is 5.41. The molecule has 0 amide bonds. The van der Waals surface area contributed by atoms with Crippen molar-refractivity contribution in [3.8, 4) is 5.75 Å². The van der Waals surface area contributed by atoms with Crippen LogP contribution in [0.1, 0.15) is 23.9 Å². The summed E-state index contributed by atoms with van der Waals surface area (Å²) in [4.78, 5) is 9.01. The standard InChI is InChI=1S/C22H26N4O/c1-4-17-9-5-7-11-19(17)26-22-15-21(24-16(2)25-22)23-14-13-18-10-6-8-12-20(18)27-3/h5-12,15H,4,13-14H2,1-3H3,(H2,23,24,25,26). The number of methoxy groups -OCH3 is 1. The topological polar surface area (TPSA) is 59.1 Å². The van der Waals surface area contributed by atoms with Crippen molar-refractivity contribution in [3.63, 3.8) is 0 Å². The molecule has 2 aromatic carbocycles. The second kappa shape index (κ2) is 9.03. The molecule has 5 nitrogen and oxygen atoms in total. The van der Waals surface area contributed by atoms with Crippen molar-refractivity contribution in [2.75, 3.05) is 24.3 Å². The van der Waals surface area contributed by atoms with Crippen LogP contribution in [0.2, 0.25) is 0 Å². The molecule has 0 atom stereocenters. The first-order valence-corrected chi connectivity index (χ1v) is 9.26. The Labute approximate surface area is 160 Å². The fourth-order valence-electron chi connectivity index (χ4n) is 3.05. The summed E-state index contributed by atoms with van der Waals surface area (Å²) in [6.45, 7) is 4.82. The van der Waals surface area contributed by atoms with E-state index in [4.69, 9.17) is 4.74 Å². The molecule has 1 aromatic heterocycles. The first-order valence-electron chi connectivity index (χ1n) is 9.26. The van der Waals surface area contributed by atoms with Crippen molar-refractivity contribution >= 4 is 17.3 Å². The number of para-hydroxylation sites is 2. The zero-order valence-electron chi connectivity index (χ0n) is 16.1. The molecular weight excluding hydrogens is 336 g/mol. The van der Waals surface area contributed by atoms with Gasteiger partial charge in [-0.05, 0) is 43.0 Å². The van der Waals surface area contributed by atoms with Crippen LogP contribution in [0.4, 0.5) is 17.3 Å². The Morgan fingerprint density at radius 2 is 1.63 bits per heavy atom. The van der Waals surface area contributed by atoms with Gasteiger partial charge in [-0.15, -0.1) is 0 Å². The minimum atomic E-state index is 0.730. The van der Waals surface area contributed by atoms with Crippen LogP contribution >= 0.6 is 0 Å². The smallest absolute Gasteiger partial charge is 0.136 e. The van der Waals surface area contributed by atoms with E-state index in [1.807, 2.05) is 37.3 Å². The minimum absolute atomic E-state index is 0.730. The molecule has 1 heterocycles. The number of aryl methyl sites for hydroxylation is 2. The highest BCUT2D eigenvalue weighted by molar-refractivity contribution is 5.62. The van der Waals surface area contributed by atoms with E-state index in [0.717, 1.165) is 48.3 Å². The summed E-state index contributed by atoms with van der Waals surface area (Å²) in [5, 5.41) is 6.81. The first-order chi connectivity index (χ1) is 13.2. The van der Waals surface area contributed by atoms with Crippen LogP contribution in [0.15, 0.2) is 54.6 Å². The molecule has 0 saturated heterocycles. The Balaban J connectivity index is 1.68. The number of aromatic nitrogens is 2. The molecule has 0 aliphatic rings. The Morgan fingerprint density at radius 1 is 0.926 bits per heavy atom. The second-order valence-corrected chi connectivity index (χ2v) is 6.31. The number of benzene rings is 2. The second-order valence-electron chi connectivity index (χ2n) is 6.31. The third kappa shape index (κ3) is 4.97. The van der Waals surface area contributed by atoms with Crippen LogP contribution in [0.25, 0.3) is 0 Å². The Morgan fingerprint density at radius 3 is 2.41 bits per heavy atom. The lowest BCUT2D eigenvalue weighted by Gasteiger charge is -2.13. The van der Waals surface area contributed by atoms with E-state index in [0.29, 0.717) is 0 Å². The van der Waals surface area contributed by atoms with Crippen molar-refractivity contribution in [1.29, 1.82) is 0 Å². The van der Waals surface area contributed by atoms with Gasteiger partial charge in [-0.3, -0.25) is 0 Å². The third-order valence-corrected chi connectivity index (χ3v) is 4.39. The number of ether oxygens (including phenoxy) is 1. The van der Waals surface area contributed by atoms with Crippen molar-refractivity contribution in [2.24, 2.45) is 0 Å². The van der Waals surface area contributed by atoms with E-state index in [2.05, 4.69) is 51.8 Å². The molecular formula is C22H26N4O. The molecule has 140 valence electrons. The molecule has 2 N–H and O–H groups in total. The van der Waals surface area contributed by atoms with E-state index in [1.165, 1.54) is 11.1 Å². The maximum absolute atomic E-state index is 5.41.